The SMILES string of the molecule is O=C(NCCNS(=O)(=O)c1ccc(Br)cc1)C(F)(F)F. The summed E-state index contributed by atoms with van der Waals surface area (Å²) in [6, 6.07) is 5.70. The molecule has 0 atom stereocenters. The summed E-state index contributed by atoms with van der Waals surface area (Å²) in [5, 5.41) is 1.56. The van der Waals surface area contributed by atoms with E-state index < -0.39 is 28.7 Å². The molecular formula is C10H10BrF3N2O3S. The summed E-state index contributed by atoms with van der Waals surface area (Å²) in [5.74, 6) is -2.11. The number of rotatable bonds is 5. The van der Waals surface area contributed by atoms with E-state index >= 15 is 0 Å². The lowest BCUT2D eigenvalue weighted by Gasteiger charge is -2.09. The van der Waals surface area contributed by atoms with Gasteiger partial charge >= 0.3 is 12.1 Å². The summed E-state index contributed by atoms with van der Waals surface area (Å²) in [6.07, 6.45) is -4.98. The van der Waals surface area contributed by atoms with Gasteiger partial charge in [0.15, 0.2) is 0 Å². The second-order valence-electron chi connectivity index (χ2n) is 3.61. The maximum absolute atomic E-state index is 11.9. The average molecular weight is 375 g/mol. The Labute approximate surface area is 121 Å². The van der Waals surface area contributed by atoms with E-state index in [0.29, 0.717) is 4.47 Å². The van der Waals surface area contributed by atoms with Gasteiger partial charge in [0.1, 0.15) is 0 Å². The van der Waals surface area contributed by atoms with E-state index in [4.69, 9.17) is 0 Å². The molecule has 0 saturated carbocycles. The van der Waals surface area contributed by atoms with Gasteiger partial charge < -0.3 is 5.32 Å². The lowest BCUT2D eigenvalue weighted by molar-refractivity contribution is -0.173. The van der Waals surface area contributed by atoms with Crippen molar-refractivity contribution in [2.75, 3.05) is 13.1 Å². The van der Waals surface area contributed by atoms with E-state index in [0.717, 1.165) is 0 Å². The van der Waals surface area contributed by atoms with Crippen LogP contribution in [-0.2, 0) is 14.8 Å². The van der Waals surface area contributed by atoms with Crippen LogP contribution in [0.3, 0.4) is 0 Å². The number of halogens is 4. The van der Waals surface area contributed by atoms with Crippen LogP contribution in [0.1, 0.15) is 0 Å². The van der Waals surface area contributed by atoms with Gasteiger partial charge in [-0.3, -0.25) is 4.79 Å². The molecule has 0 spiro atoms. The molecule has 2 N–H and O–H groups in total. The Bertz CT molecular complexity index is 572. The Balaban J connectivity index is 2.49. The second kappa shape index (κ2) is 6.55. The first-order valence-corrected chi connectivity index (χ1v) is 7.51. The Hall–Kier alpha value is -1.13. The van der Waals surface area contributed by atoms with Crippen molar-refractivity contribution >= 4 is 31.9 Å². The molecule has 1 aromatic carbocycles. The van der Waals surface area contributed by atoms with E-state index in [9.17, 15) is 26.4 Å². The monoisotopic (exact) mass is 374 g/mol. The van der Waals surface area contributed by atoms with E-state index in [1.165, 1.54) is 24.3 Å². The van der Waals surface area contributed by atoms with Crippen LogP contribution < -0.4 is 10.0 Å². The van der Waals surface area contributed by atoms with Crippen LogP contribution >= 0.6 is 15.9 Å². The fourth-order valence-corrected chi connectivity index (χ4v) is 2.45. The Kier molecular flexibility index (Phi) is 5.54. The normalized spacial score (nSPS) is 12.2. The number of benzene rings is 1. The molecule has 5 nitrogen and oxygen atoms in total. The number of carbonyl (C=O) groups excluding carboxylic acids is 1. The number of hydrogen-bond donors (Lipinski definition) is 2. The fourth-order valence-electron chi connectivity index (χ4n) is 1.16. The Morgan fingerprint density at radius 2 is 1.70 bits per heavy atom. The van der Waals surface area contributed by atoms with Gasteiger partial charge in [-0.15, -0.1) is 0 Å². The van der Waals surface area contributed by atoms with E-state index in [-0.39, 0.29) is 11.4 Å². The second-order valence-corrected chi connectivity index (χ2v) is 6.29. The minimum Gasteiger partial charge on any atom is -0.347 e. The topological polar surface area (TPSA) is 75.3 Å². The molecular weight excluding hydrogens is 365 g/mol. The number of carbonyl (C=O) groups is 1. The van der Waals surface area contributed by atoms with Gasteiger partial charge in [-0.2, -0.15) is 13.2 Å². The number of hydrogen-bond acceptors (Lipinski definition) is 3. The highest BCUT2D eigenvalue weighted by molar-refractivity contribution is 9.10. The fraction of sp³-hybridized carbons (Fsp3) is 0.300. The van der Waals surface area contributed by atoms with Gasteiger partial charge in [-0.1, -0.05) is 15.9 Å². The van der Waals surface area contributed by atoms with Crippen molar-refractivity contribution in [2.45, 2.75) is 11.1 Å². The molecule has 10 heteroatoms. The van der Waals surface area contributed by atoms with Crippen molar-refractivity contribution in [3.63, 3.8) is 0 Å². The molecule has 0 aromatic heterocycles. The molecule has 1 rings (SSSR count). The van der Waals surface area contributed by atoms with Crippen molar-refractivity contribution in [1.29, 1.82) is 0 Å². The highest BCUT2D eigenvalue weighted by atomic mass is 79.9. The van der Waals surface area contributed by atoms with Crippen LogP contribution in [0.15, 0.2) is 33.6 Å². The maximum atomic E-state index is 11.9. The molecule has 0 bridgehead atoms. The summed E-state index contributed by atoms with van der Waals surface area (Å²) in [4.78, 5) is 10.5. The summed E-state index contributed by atoms with van der Waals surface area (Å²) >= 11 is 3.14. The first-order chi connectivity index (χ1) is 9.13. The zero-order valence-corrected chi connectivity index (χ0v) is 12.3. The van der Waals surface area contributed by atoms with Crippen molar-refractivity contribution in [2.24, 2.45) is 0 Å². The van der Waals surface area contributed by atoms with Gasteiger partial charge in [0.05, 0.1) is 4.90 Å². The summed E-state index contributed by atoms with van der Waals surface area (Å²) in [6.45, 7) is -0.811. The van der Waals surface area contributed by atoms with Crippen molar-refractivity contribution < 1.29 is 26.4 Å². The molecule has 0 aliphatic heterocycles. The molecule has 0 heterocycles. The predicted molar refractivity (Wildman–Crippen MR) is 68.4 cm³/mol. The van der Waals surface area contributed by atoms with Crippen LogP contribution in [-0.4, -0.2) is 33.6 Å². The van der Waals surface area contributed by atoms with Crippen LogP contribution in [0.4, 0.5) is 13.2 Å². The number of nitrogens with one attached hydrogen (secondary N) is 2. The number of alkyl halides is 3. The van der Waals surface area contributed by atoms with Gasteiger partial charge in [-0.25, -0.2) is 13.1 Å². The lowest BCUT2D eigenvalue weighted by Crippen LogP contribution is -2.41. The Morgan fingerprint density at radius 1 is 1.15 bits per heavy atom. The van der Waals surface area contributed by atoms with E-state index in [1.807, 2.05) is 0 Å². The third-order valence-corrected chi connectivity index (χ3v) is 4.09. The minimum absolute atomic E-state index is 0.0251. The van der Waals surface area contributed by atoms with E-state index in [2.05, 4.69) is 20.7 Å². The third-order valence-electron chi connectivity index (χ3n) is 2.08. The highest BCUT2D eigenvalue weighted by Gasteiger charge is 2.38. The molecule has 0 aliphatic carbocycles. The first kappa shape index (κ1) is 16.9. The van der Waals surface area contributed by atoms with Crippen LogP contribution in [0.25, 0.3) is 0 Å². The summed E-state index contributed by atoms with van der Waals surface area (Å²) in [7, 11) is -3.81. The average Bonchev–Trinajstić information content (AvgIpc) is 2.33. The van der Waals surface area contributed by atoms with Crippen molar-refractivity contribution in [1.82, 2.24) is 10.0 Å². The van der Waals surface area contributed by atoms with E-state index in [1.54, 1.807) is 5.32 Å². The smallest absolute Gasteiger partial charge is 0.347 e. The molecule has 112 valence electrons. The largest absolute Gasteiger partial charge is 0.471 e. The molecule has 1 amide bonds. The zero-order valence-electron chi connectivity index (χ0n) is 9.87. The summed E-state index contributed by atoms with van der Waals surface area (Å²) < 4.78 is 61.8. The minimum atomic E-state index is -4.98. The molecule has 0 radical (unpaired) electrons. The first-order valence-electron chi connectivity index (χ1n) is 5.23. The molecule has 0 saturated heterocycles. The Morgan fingerprint density at radius 3 is 2.20 bits per heavy atom. The van der Waals surface area contributed by atoms with Crippen LogP contribution in [0, 0.1) is 0 Å². The molecule has 0 aliphatic rings. The molecule has 20 heavy (non-hydrogen) atoms. The highest BCUT2D eigenvalue weighted by Crippen LogP contribution is 2.15. The molecule has 0 unspecified atom stereocenters. The quantitative estimate of drug-likeness (QED) is 0.765. The maximum Gasteiger partial charge on any atom is 0.471 e. The van der Waals surface area contributed by atoms with Crippen LogP contribution in [0.2, 0.25) is 0 Å². The van der Waals surface area contributed by atoms with Gasteiger partial charge in [-0.05, 0) is 24.3 Å². The third kappa shape index (κ3) is 5.10. The molecule has 0 fully saturated rings. The zero-order chi connectivity index (χ0) is 15.4. The van der Waals surface area contributed by atoms with Crippen LogP contribution in [0.5, 0.6) is 0 Å². The van der Waals surface area contributed by atoms with Gasteiger partial charge in [0.2, 0.25) is 10.0 Å². The summed E-state index contributed by atoms with van der Waals surface area (Å²) in [5.41, 5.74) is 0. The number of amides is 1. The number of sulfonamides is 1. The van der Waals surface area contributed by atoms with Gasteiger partial charge in [0.25, 0.3) is 0 Å². The standard InChI is InChI=1S/C10H10BrF3N2O3S/c11-7-1-3-8(4-2-7)20(18,19)16-6-5-15-9(17)10(12,13)14/h1-4,16H,5-6H2,(H,15,17). The lowest BCUT2D eigenvalue weighted by atomic mass is 10.4. The van der Waals surface area contributed by atoms with Crippen molar-refractivity contribution in [3.8, 4) is 0 Å². The molecule has 1 aromatic rings. The predicted octanol–water partition coefficient (Wildman–Crippen LogP) is 1.41. The van der Waals surface area contributed by atoms with Crippen molar-refractivity contribution in [3.05, 3.63) is 28.7 Å². The van der Waals surface area contributed by atoms with Gasteiger partial charge in [0, 0.05) is 17.6 Å².